The number of pyridine rings is 1. The van der Waals surface area contributed by atoms with Crippen LogP contribution in [-0.2, 0) is 23.6 Å². The van der Waals surface area contributed by atoms with Crippen molar-refractivity contribution in [1.82, 2.24) is 14.8 Å². The SMILES string of the molecule is O=C(Nc1ccc2c(c1)COC2(F)F)c1cnn(-c2cccc3c(=O)[nH]ccc23)c1C(F)(F)F. The molecule has 12 heteroatoms. The van der Waals surface area contributed by atoms with E-state index in [0.29, 0.717) is 4.68 Å². The Morgan fingerprint density at radius 2 is 1.94 bits per heavy atom. The van der Waals surface area contributed by atoms with Crippen LogP contribution in [0, 0.1) is 0 Å². The maximum absolute atomic E-state index is 14.1. The third kappa shape index (κ3) is 3.52. The van der Waals surface area contributed by atoms with E-state index in [1.807, 2.05) is 0 Å². The van der Waals surface area contributed by atoms with Gasteiger partial charge in [-0.1, -0.05) is 6.07 Å². The molecule has 1 amide bonds. The van der Waals surface area contributed by atoms with Crippen LogP contribution in [0.4, 0.5) is 27.6 Å². The maximum Gasteiger partial charge on any atom is 0.434 e. The fourth-order valence-corrected chi connectivity index (χ4v) is 3.88. The predicted molar refractivity (Wildman–Crippen MR) is 110 cm³/mol. The summed E-state index contributed by atoms with van der Waals surface area (Å²) in [5, 5.41) is 6.41. The normalized spacial score (nSPS) is 14.9. The Labute approximate surface area is 186 Å². The summed E-state index contributed by atoms with van der Waals surface area (Å²) in [5.74, 6) is -1.14. The Hall–Kier alpha value is -4.06. The first-order valence-electron chi connectivity index (χ1n) is 9.79. The number of hydrogen-bond donors (Lipinski definition) is 2. The van der Waals surface area contributed by atoms with Crippen LogP contribution < -0.4 is 10.9 Å². The van der Waals surface area contributed by atoms with E-state index in [1.54, 1.807) is 0 Å². The quantitative estimate of drug-likeness (QED) is 0.424. The van der Waals surface area contributed by atoms with Gasteiger partial charge in [-0.25, -0.2) is 4.68 Å². The number of anilines is 1. The van der Waals surface area contributed by atoms with Crippen molar-refractivity contribution in [3.8, 4) is 5.69 Å². The summed E-state index contributed by atoms with van der Waals surface area (Å²) in [6, 6.07) is 9.01. The molecule has 4 aromatic rings. The molecule has 0 radical (unpaired) electrons. The highest BCUT2D eigenvalue weighted by Gasteiger charge is 2.42. The molecular weight excluding hydrogens is 463 g/mol. The molecule has 0 saturated carbocycles. The number of rotatable bonds is 3. The van der Waals surface area contributed by atoms with Crippen molar-refractivity contribution in [3.63, 3.8) is 0 Å². The fraction of sp³-hybridized carbons (Fsp3) is 0.136. The zero-order chi connectivity index (χ0) is 24.3. The lowest BCUT2D eigenvalue weighted by atomic mass is 10.1. The molecule has 0 spiro atoms. The third-order valence-corrected chi connectivity index (χ3v) is 5.39. The largest absolute Gasteiger partial charge is 0.434 e. The molecule has 0 atom stereocenters. The van der Waals surface area contributed by atoms with Gasteiger partial charge >= 0.3 is 12.3 Å². The molecule has 1 aliphatic rings. The van der Waals surface area contributed by atoms with E-state index in [9.17, 15) is 31.5 Å². The molecule has 5 rings (SSSR count). The lowest BCUT2D eigenvalue weighted by Crippen LogP contribution is -2.21. The molecule has 0 aliphatic carbocycles. The van der Waals surface area contributed by atoms with E-state index >= 15 is 0 Å². The molecule has 0 fully saturated rings. The van der Waals surface area contributed by atoms with Crippen LogP contribution >= 0.6 is 0 Å². The second kappa shape index (κ2) is 7.48. The van der Waals surface area contributed by atoms with Gasteiger partial charge in [0.1, 0.15) is 0 Å². The minimum atomic E-state index is -4.99. The second-order valence-electron chi connectivity index (χ2n) is 7.49. The number of carbonyl (C=O) groups excluding carboxylic acids is 1. The fourth-order valence-electron chi connectivity index (χ4n) is 3.88. The number of amides is 1. The molecule has 2 N–H and O–H groups in total. The van der Waals surface area contributed by atoms with Crippen LogP contribution in [0.1, 0.15) is 27.2 Å². The van der Waals surface area contributed by atoms with Crippen molar-refractivity contribution >= 4 is 22.4 Å². The van der Waals surface area contributed by atoms with Crippen LogP contribution in [0.25, 0.3) is 16.5 Å². The number of benzene rings is 2. The van der Waals surface area contributed by atoms with Gasteiger partial charge < -0.3 is 15.0 Å². The molecule has 1 aliphatic heterocycles. The summed E-state index contributed by atoms with van der Waals surface area (Å²) in [6.07, 6.45) is -6.41. The monoisotopic (exact) mass is 476 g/mol. The zero-order valence-corrected chi connectivity index (χ0v) is 16.9. The van der Waals surface area contributed by atoms with E-state index in [0.717, 1.165) is 18.3 Å². The Bertz CT molecular complexity index is 1510. The van der Waals surface area contributed by atoms with Crippen molar-refractivity contribution in [2.75, 3.05) is 5.32 Å². The molecule has 3 heterocycles. The smallest absolute Gasteiger partial charge is 0.329 e. The van der Waals surface area contributed by atoms with Gasteiger partial charge in [-0.05, 0) is 42.0 Å². The van der Waals surface area contributed by atoms with Gasteiger partial charge in [0.2, 0.25) is 0 Å². The minimum Gasteiger partial charge on any atom is -0.329 e. The number of hydrogen-bond acceptors (Lipinski definition) is 4. The van der Waals surface area contributed by atoms with Crippen molar-refractivity contribution in [2.24, 2.45) is 0 Å². The number of aromatic nitrogens is 3. The number of halogens is 5. The zero-order valence-electron chi connectivity index (χ0n) is 16.9. The van der Waals surface area contributed by atoms with Gasteiger partial charge in [0.25, 0.3) is 11.5 Å². The highest BCUT2D eigenvalue weighted by molar-refractivity contribution is 6.05. The Balaban J connectivity index is 1.56. The number of fused-ring (bicyclic) bond motifs is 2. The number of H-pyrrole nitrogens is 1. The maximum atomic E-state index is 14.1. The van der Waals surface area contributed by atoms with Gasteiger partial charge in [0.15, 0.2) is 5.69 Å². The molecule has 7 nitrogen and oxygen atoms in total. The summed E-state index contributed by atoms with van der Waals surface area (Å²) in [5.41, 5.74) is -2.93. The molecular formula is C22H13F5N4O3. The molecule has 0 unspecified atom stereocenters. The van der Waals surface area contributed by atoms with E-state index in [2.05, 4.69) is 20.1 Å². The van der Waals surface area contributed by atoms with Crippen molar-refractivity contribution in [3.05, 3.63) is 87.6 Å². The molecule has 174 valence electrons. The number of ether oxygens (including phenoxy) is 1. The Morgan fingerprint density at radius 3 is 2.71 bits per heavy atom. The lowest BCUT2D eigenvalue weighted by Gasteiger charge is -2.14. The van der Waals surface area contributed by atoms with E-state index in [1.165, 1.54) is 36.5 Å². The van der Waals surface area contributed by atoms with Crippen molar-refractivity contribution in [2.45, 2.75) is 18.9 Å². The van der Waals surface area contributed by atoms with Crippen LogP contribution in [0.15, 0.2) is 59.7 Å². The highest BCUT2D eigenvalue weighted by Crippen LogP contribution is 2.40. The first kappa shape index (κ1) is 21.8. The van der Waals surface area contributed by atoms with Gasteiger partial charge in [-0.15, -0.1) is 0 Å². The molecule has 2 aromatic heterocycles. The van der Waals surface area contributed by atoms with E-state index < -0.39 is 41.6 Å². The number of carbonyl (C=O) groups is 1. The number of nitrogens with zero attached hydrogens (tertiary/aromatic N) is 2. The topological polar surface area (TPSA) is 89.0 Å². The van der Waals surface area contributed by atoms with Crippen LogP contribution in [0.3, 0.4) is 0 Å². The Kier molecular flexibility index (Phi) is 4.79. The van der Waals surface area contributed by atoms with Crippen LogP contribution in [0.5, 0.6) is 0 Å². The minimum absolute atomic E-state index is 0.0163. The average molecular weight is 476 g/mol. The van der Waals surface area contributed by atoms with Gasteiger partial charge in [0, 0.05) is 22.7 Å². The molecule has 34 heavy (non-hydrogen) atoms. The van der Waals surface area contributed by atoms with Crippen molar-refractivity contribution < 1.29 is 31.5 Å². The first-order chi connectivity index (χ1) is 16.1. The average Bonchev–Trinajstić information content (AvgIpc) is 3.35. The summed E-state index contributed by atoms with van der Waals surface area (Å²) < 4.78 is 74.3. The van der Waals surface area contributed by atoms with Gasteiger partial charge in [-0.3, -0.25) is 9.59 Å². The standard InChI is InChI=1S/C22H13F5N4O3/c23-21(24,25)18-15(20(33)30-12-4-5-16-11(8-12)10-34-22(16,26)27)9-29-31(18)17-3-1-2-14-13(17)6-7-28-19(14)32/h1-9H,10H2,(H,28,32)(H,30,33). The number of nitrogens with one attached hydrogen (secondary N) is 2. The van der Waals surface area contributed by atoms with Gasteiger partial charge in [-0.2, -0.15) is 27.1 Å². The van der Waals surface area contributed by atoms with Crippen LogP contribution in [-0.4, -0.2) is 20.7 Å². The summed E-state index contributed by atoms with van der Waals surface area (Å²) in [4.78, 5) is 27.3. The highest BCUT2D eigenvalue weighted by atomic mass is 19.4. The van der Waals surface area contributed by atoms with Crippen molar-refractivity contribution in [1.29, 1.82) is 0 Å². The summed E-state index contributed by atoms with van der Waals surface area (Å²) >= 11 is 0. The molecule has 0 saturated heterocycles. The molecule has 2 aromatic carbocycles. The Morgan fingerprint density at radius 1 is 1.15 bits per heavy atom. The lowest BCUT2D eigenvalue weighted by molar-refractivity contribution is -0.239. The summed E-state index contributed by atoms with van der Waals surface area (Å²) in [7, 11) is 0. The number of alkyl halides is 5. The van der Waals surface area contributed by atoms with E-state index in [4.69, 9.17) is 0 Å². The number of aromatic amines is 1. The van der Waals surface area contributed by atoms with E-state index in [-0.39, 0.29) is 33.3 Å². The summed E-state index contributed by atoms with van der Waals surface area (Å²) in [6.45, 7) is -0.405. The van der Waals surface area contributed by atoms with Crippen LogP contribution in [0.2, 0.25) is 0 Å². The second-order valence-corrected chi connectivity index (χ2v) is 7.49. The predicted octanol–water partition coefficient (Wildman–Crippen LogP) is 4.56. The first-order valence-corrected chi connectivity index (χ1v) is 9.79. The molecule has 0 bridgehead atoms. The van der Waals surface area contributed by atoms with Gasteiger partial charge in [0.05, 0.1) is 29.6 Å². The third-order valence-electron chi connectivity index (χ3n) is 5.39.